The molecular weight excluding hydrogens is 773 g/mol. The summed E-state index contributed by atoms with van der Waals surface area (Å²) in [6.45, 7) is 0. The number of benzene rings is 9. The average Bonchev–Trinajstić information content (AvgIpc) is 3.87. The second-order valence-corrected chi connectivity index (χ2v) is 16.3. The molecule has 2 nitrogen and oxygen atoms in total. The van der Waals surface area contributed by atoms with Crippen molar-refractivity contribution >= 4 is 21.8 Å². The van der Waals surface area contributed by atoms with Crippen LogP contribution in [0.25, 0.3) is 94.5 Å². The van der Waals surface area contributed by atoms with Crippen molar-refractivity contribution in [2.45, 2.75) is 20.8 Å². The number of hydrogen-bond acceptors (Lipinski definition) is 1. The van der Waals surface area contributed by atoms with E-state index in [1.807, 2.05) is 0 Å². The number of nitrogens with zero attached hydrogens (tertiary/aromatic N) is 2. The van der Waals surface area contributed by atoms with E-state index in [0.29, 0.717) is 0 Å². The molecular formula is C62H48N2. The SMILES string of the molecule is C.C.c1ccc(-c2ccc(-c3cc(-c4ccccc4)nc(-c4cccc(-c5cc(-n6c7ccccc7c7ccccc76)ccc5C5c6ccccc6-c6ccccc65)c4)c3)cc2)cc1. The van der Waals surface area contributed by atoms with Crippen LogP contribution in [0.5, 0.6) is 0 Å². The highest BCUT2D eigenvalue weighted by Crippen LogP contribution is 2.50. The minimum atomic E-state index is 0. The van der Waals surface area contributed by atoms with Crippen LogP contribution in [-0.2, 0) is 0 Å². The van der Waals surface area contributed by atoms with Crippen molar-refractivity contribution < 1.29 is 0 Å². The van der Waals surface area contributed by atoms with Gasteiger partial charge in [-0.05, 0) is 104 Å². The van der Waals surface area contributed by atoms with E-state index in [4.69, 9.17) is 4.98 Å². The maximum Gasteiger partial charge on any atom is 0.0715 e. The molecule has 0 spiro atoms. The number of fused-ring (bicyclic) bond motifs is 6. The van der Waals surface area contributed by atoms with E-state index in [-0.39, 0.29) is 20.8 Å². The fourth-order valence-corrected chi connectivity index (χ4v) is 9.81. The molecule has 12 rings (SSSR count). The van der Waals surface area contributed by atoms with Crippen LogP contribution in [0.15, 0.2) is 237 Å². The van der Waals surface area contributed by atoms with Gasteiger partial charge in [-0.2, -0.15) is 0 Å². The maximum absolute atomic E-state index is 5.38. The summed E-state index contributed by atoms with van der Waals surface area (Å²) in [5, 5.41) is 2.51. The van der Waals surface area contributed by atoms with Gasteiger partial charge < -0.3 is 4.57 Å². The van der Waals surface area contributed by atoms with Crippen LogP contribution in [0.1, 0.15) is 37.5 Å². The van der Waals surface area contributed by atoms with Crippen molar-refractivity contribution in [3.8, 4) is 72.7 Å². The van der Waals surface area contributed by atoms with Crippen LogP contribution in [0.2, 0.25) is 0 Å². The predicted molar refractivity (Wildman–Crippen MR) is 272 cm³/mol. The van der Waals surface area contributed by atoms with Crippen LogP contribution in [0.3, 0.4) is 0 Å². The number of aromatic nitrogens is 2. The van der Waals surface area contributed by atoms with Crippen LogP contribution >= 0.6 is 0 Å². The lowest BCUT2D eigenvalue weighted by atomic mass is 9.83. The Bertz CT molecular complexity index is 3350. The third-order valence-electron chi connectivity index (χ3n) is 12.7. The second-order valence-electron chi connectivity index (χ2n) is 16.3. The van der Waals surface area contributed by atoms with E-state index < -0.39 is 0 Å². The molecule has 9 aromatic carbocycles. The lowest BCUT2D eigenvalue weighted by Crippen LogP contribution is -2.04. The Labute approximate surface area is 376 Å². The third-order valence-corrected chi connectivity index (χ3v) is 12.7. The van der Waals surface area contributed by atoms with Crippen LogP contribution in [-0.4, -0.2) is 9.55 Å². The number of para-hydroxylation sites is 2. The molecule has 0 atom stereocenters. The van der Waals surface area contributed by atoms with Crippen molar-refractivity contribution in [2.75, 3.05) is 0 Å². The van der Waals surface area contributed by atoms with Gasteiger partial charge >= 0.3 is 0 Å². The second kappa shape index (κ2) is 16.7. The first-order valence-corrected chi connectivity index (χ1v) is 21.4. The zero-order valence-electron chi connectivity index (χ0n) is 34.0. The predicted octanol–water partition coefficient (Wildman–Crippen LogP) is 16.9. The van der Waals surface area contributed by atoms with Gasteiger partial charge in [0.25, 0.3) is 0 Å². The van der Waals surface area contributed by atoms with E-state index in [1.54, 1.807) is 0 Å². The molecule has 0 amide bonds. The molecule has 64 heavy (non-hydrogen) atoms. The Morgan fingerprint density at radius 2 is 0.750 bits per heavy atom. The smallest absolute Gasteiger partial charge is 0.0715 e. The highest BCUT2D eigenvalue weighted by Gasteiger charge is 2.31. The molecule has 0 saturated carbocycles. The minimum Gasteiger partial charge on any atom is -0.309 e. The summed E-state index contributed by atoms with van der Waals surface area (Å²) in [7, 11) is 0. The molecule has 0 radical (unpaired) electrons. The van der Waals surface area contributed by atoms with Crippen molar-refractivity contribution in [3.05, 3.63) is 253 Å². The monoisotopic (exact) mass is 820 g/mol. The highest BCUT2D eigenvalue weighted by molar-refractivity contribution is 6.09. The fraction of sp³-hybridized carbons (Fsp3) is 0.0484. The zero-order chi connectivity index (χ0) is 41.0. The molecule has 2 aromatic heterocycles. The first-order chi connectivity index (χ1) is 30.7. The summed E-state index contributed by atoms with van der Waals surface area (Å²) in [4.78, 5) is 5.38. The van der Waals surface area contributed by atoms with Gasteiger partial charge in [0.2, 0.25) is 0 Å². The summed E-state index contributed by atoms with van der Waals surface area (Å²) < 4.78 is 2.43. The topological polar surface area (TPSA) is 17.8 Å². The lowest BCUT2D eigenvalue weighted by molar-refractivity contribution is 1.01. The normalized spacial score (nSPS) is 11.8. The number of hydrogen-bond donors (Lipinski definition) is 0. The van der Waals surface area contributed by atoms with Gasteiger partial charge in [0.05, 0.1) is 22.4 Å². The van der Waals surface area contributed by atoms with Gasteiger partial charge in [-0.3, -0.25) is 0 Å². The van der Waals surface area contributed by atoms with E-state index in [1.165, 1.54) is 66.3 Å². The zero-order valence-corrected chi connectivity index (χ0v) is 34.0. The first-order valence-electron chi connectivity index (χ1n) is 21.4. The fourth-order valence-electron chi connectivity index (χ4n) is 9.81. The summed E-state index contributed by atoms with van der Waals surface area (Å²) in [5.74, 6) is 0.0817. The maximum atomic E-state index is 5.38. The van der Waals surface area contributed by atoms with Crippen molar-refractivity contribution in [1.82, 2.24) is 9.55 Å². The minimum absolute atomic E-state index is 0. The number of rotatable bonds is 7. The third kappa shape index (κ3) is 6.81. The summed E-state index contributed by atoms with van der Waals surface area (Å²) >= 11 is 0. The quantitative estimate of drug-likeness (QED) is 0.157. The molecule has 0 bridgehead atoms. The molecule has 11 aromatic rings. The van der Waals surface area contributed by atoms with Gasteiger partial charge in [-0.15, -0.1) is 0 Å². The first kappa shape index (κ1) is 40.0. The summed E-state index contributed by atoms with van der Waals surface area (Å²) in [5.41, 5.74) is 21.2. The molecule has 2 heteroatoms. The standard InChI is InChI=1S/C60H40N2.2CH4/c1-3-16-40(17-4-1)41-30-32-42(33-31-41)46-37-56(43-18-5-2-6-19-43)61-57(38-46)45-21-15-20-44(36-45)55-39-47(62-58-28-13-11-24-50(58)51-25-12-14-29-59(51)62)34-35-54(55)60-52-26-9-7-22-48(52)49-23-8-10-27-53(49)60;;/h1-39,60H;2*1H4. The molecule has 1 aliphatic carbocycles. The van der Waals surface area contributed by atoms with Crippen LogP contribution < -0.4 is 0 Å². The summed E-state index contributed by atoms with van der Waals surface area (Å²) in [6, 6.07) is 86.0. The molecule has 0 saturated heterocycles. The molecule has 1 aliphatic rings. The Hall–Kier alpha value is -8.07. The van der Waals surface area contributed by atoms with Crippen molar-refractivity contribution in [1.29, 1.82) is 0 Å². The summed E-state index contributed by atoms with van der Waals surface area (Å²) in [6.07, 6.45) is 0. The molecule has 0 fully saturated rings. The van der Waals surface area contributed by atoms with Gasteiger partial charge in [-0.25, -0.2) is 4.98 Å². The van der Waals surface area contributed by atoms with Gasteiger partial charge in [0.15, 0.2) is 0 Å². The van der Waals surface area contributed by atoms with E-state index in [9.17, 15) is 0 Å². The van der Waals surface area contributed by atoms with Gasteiger partial charge in [-0.1, -0.05) is 209 Å². The molecule has 306 valence electrons. The lowest BCUT2D eigenvalue weighted by Gasteiger charge is -2.21. The Balaban J connectivity index is 0.00000242. The van der Waals surface area contributed by atoms with Crippen LogP contribution in [0, 0.1) is 0 Å². The van der Waals surface area contributed by atoms with Crippen LogP contribution in [0.4, 0.5) is 0 Å². The molecule has 0 aliphatic heterocycles. The average molecular weight is 821 g/mol. The number of pyridine rings is 1. The van der Waals surface area contributed by atoms with Crippen molar-refractivity contribution in [3.63, 3.8) is 0 Å². The molecule has 0 N–H and O–H groups in total. The van der Waals surface area contributed by atoms with E-state index in [2.05, 4.69) is 241 Å². The van der Waals surface area contributed by atoms with Crippen molar-refractivity contribution in [2.24, 2.45) is 0 Å². The molecule has 0 unspecified atom stereocenters. The van der Waals surface area contributed by atoms with E-state index in [0.717, 1.165) is 44.9 Å². The van der Waals surface area contributed by atoms with Gasteiger partial charge in [0.1, 0.15) is 0 Å². The van der Waals surface area contributed by atoms with E-state index >= 15 is 0 Å². The largest absolute Gasteiger partial charge is 0.309 e. The Kier molecular flexibility index (Phi) is 10.4. The Morgan fingerprint density at radius 3 is 1.38 bits per heavy atom. The highest BCUT2D eigenvalue weighted by atomic mass is 15.0. The van der Waals surface area contributed by atoms with Gasteiger partial charge in [0, 0.05) is 33.5 Å². The Morgan fingerprint density at radius 1 is 0.297 bits per heavy atom. The molecule has 2 heterocycles.